The summed E-state index contributed by atoms with van der Waals surface area (Å²) in [6, 6.07) is 2.27. The van der Waals surface area contributed by atoms with Crippen molar-refractivity contribution in [2.75, 3.05) is 30.8 Å². The molecule has 0 saturated carbocycles. The van der Waals surface area contributed by atoms with E-state index in [-0.39, 0.29) is 16.9 Å². The van der Waals surface area contributed by atoms with Crippen LogP contribution in [-0.2, 0) is 4.74 Å². The lowest BCUT2D eigenvalue weighted by atomic mass is 10.1. The third kappa shape index (κ3) is 3.35. The molecule has 1 saturated heterocycles. The van der Waals surface area contributed by atoms with Crippen LogP contribution in [-0.4, -0.2) is 30.8 Å². The molecule has 1 aliphatic rings. The molecule has 6 heteroatoms. The van der Waals surface area contributed by atoms with Crippen molar-refractivity contribution in [3.05, 3.63) is 23.5 Å². The van der Waals surface area contributed by atoms with Gasteiger partial charge >= 0.3 is 5.97 Å². The summed E-state index contributed by atoms with van der Waals surface area (Å²) in [4.78, 5) is 10.9. The molecular weight excluding hydrogens is 251 g/mol. The van der Waals surface area contributed by atoms with Crippen molar-refractivity contribution in [2.45, 2.75) is 12.8 Å². The van der Waals surface area contributed by atoms with Crippen molar-refractivity contribution in [3.8, 4) is 0 Å². The van der Waals surface area contributed by atoms with Crippen molar-refractivity contribution in [3.63, 3.8) is 0 Å². The van der Waals surface area contributed by atoms with Crippen LogP contribution in [0.2, 0.25) is 0 Å². The van der Waals surface area contributed by atoms with Gasteiger partial charge in [0.2, 0.25) is 0 Å². The Morgan fingerprint density at radius 3 is 3.00 bits per heavy atom. The lowest BCUT2D eigenvalue weighted by molar-refractivity contribution is 0.0698. The number of anilines is 2. The first-order valence-electron chi connectivity index (χ1n) is 6.22. The molecule has 1 atom stereocenters. The number of ether oxygens (including phenoxy) is 1. The maximum Gasteiger partial charge on any atom is 0.337 e. The van der Waals surface area contributed by atoms with Crippen LogP contribution in [0.3, 0.4) is 0 Å². The molecule has 4 N–H and O–H groups in total. The lowest BCUT2D eigenvalue weighted by Crippen LogP contribution is -2.11. The number of rotatable bonds is 5. The van der Waals surface area contributed by atoms with E-state index in [4.69, 9.17) is 15.6 Å². The number of nitrogen functional groups attached to an aromatic ring is 1. The average molecular weight is 268 g/mol. The largest absolute Gasteiger partial charge is 0.478 e. The Hall–Kier alpha value is -1.82. The quantitative estimate of drug-likeness (QED) is 0.711. The summed E-state index contributed by atoms with van der Waals surface area (Å²) in [6.07, 6.45) is 1.89. The van der Waals surface area contributed by atoms with Gasteiger partial charge in [0.05, 0.1) is 11.3 Å². The molecule has 0 bridgehead atoms. The highest BCUT2D eigenvalue weighted by Gasteiger charge is 2.16. The summed E-state index contributed by atoms with van der Waals surface area (Å²) in [5, 5.41) is 11.8. The maximum absolute atomic E-state index is 13.6. The highest BCUT2D eigenvalue weighted by atomic mass is 19.1. The maximum atomic E-state index is 13.6. The third-order valence-electron chi connectivity index (χ3n) is 3.26. The predicted molar refractivity (Wildman–Crippen MR) is 69.8 cm³/mol. The fourth-order valence-electron chi connectivity index (χ4n) is 2.13. The van der Waals surface area contributed by atoms with Crippen LogP contribution in [0, 0.1) is 11.7 Å². The standard InChI is InChI=1S/C13H17FN2O3/c14-10-6-11(15)9(13(17)18)5-12(10)16-3-1-8-2-4-19-7-8/h5-6,8,16H,1-4,7,15H2,(H,17,18). The molecule has 104 valence electrons. The van der Waals surface area contributed by atoms with Gasteiger partial charge in [0.15, 0.2) is 0 Å². The number of nitrogens with two attached hydrogens (primary N) is 1. The van der Waals surface area contributed by atoms with Crippen molar-refractivity contribution >= 4 is 17.3 Å². The summed E-state index contributed by atoms with van der Waals surface area (Å²) in [5.41, 5.74) is 5.47. The molecule has 1 unspecified atom stereocenters. The second-order valence-corrected chi connectivity index (χ2v) is 4.67. The van der Waals surface area contributed by atoms with Crippen LogP contribution in [0.15, 0.2) is 12.1 Å². The van der Waals surface area contributed by atoms with Gasteiger partial charge in [-0.2, -0.15) is 0 Å². The SMILES string of the molecule is Nc1cc(F)c(NCCC2CCOC2)cc1C(=O)O. The Morgan fingerprint density at radius 2 is 2.37 bits per heavy atom. The molecule has 0 aromatic heterocycles. The van der Waals surface area contributed by atoms with E-state index in [0.717, 1.165) is 32.1 Å². The number of benzene rings is 1. The second-order valence-electron chi connectivity index (χ2n) is 4.67. The fraction of sp³-hybridized carbons (Fsp3) is 0.462. The Bertz CT molecular complexity index is 473. The molecule has 0 amide bonds. The Kier molecular flexibility index (Phi) is 4.21. The molecule has 0 radical (unpaired) electrons. The van der Waals surface area contributed by atoms with E-state index in [1.165, 1.54) is 6.07 Å². The van der Waals surface area contributed by atoms with Gasteiger partial charge in [-0.25, -0.2) is 9.18 Å². The molecule has 1 aromatic rings. The smallest absolute Gasteiger partial charge is 0.337 e. The minimum absolute atomic E-state index is 0.0697. The molecule has 1 heterocycles. The van der Waals surface area contributed by atoms with Crippen LogP contribution in [0.25, 0.3) is 0 Å². The van der Waals surface area contributed by atoms with Gasteiger partial charge in [-0.05, 0) is 30.9 Å². The molecule has 0 spiro atoms. The Labute approximate surface area is 110 Å². The number of hydrogen-bond donors (Lipinski definition) is 3. The summed E-state index contributed by atoms with van der Waals surface area (Å²) in [6.45, 7) is 2.10. The van der Waals surface area contributed by atoms with Crippen molar-refractivity contribution < 1.29 is 19.0 Å². The number of carboxylic acid groups (broad SMARTS) is 1. The predicted octanol–water partition coefficient (Wildman–Crippen LogP) is 1.94. The first-order chi connectivity index (χ1) is 9.08. The molecule has 0 aliphatic carbocycles. The van der Waals surface area contributed by atoms with Crippen LogP contribution in [0.5, 0.6) is 0 Å². The summed E-state index contributed by atoms with van der Waals surface area (Å²) in [7, 11) is 0. The molecule has 1 aromatic carbocycles. The fourth-order valence-corrected chi connectivity index (χ4v) is 2.13. The van der Waals surface area contributed by atoms with E-state index in [1.54, 1.807) is 0 Å². The van der Waals surface area contributed by atoms with E-state index < -0.39 is 11.8 Å². The van der Waals surface area contributed by atoms with Crippen molar-refractivity contribution in [1.29, 1.82) is 0 Å². The number of carboxylic acids is 1. The Morgan fingerprint density at radius 1 is 1.58 bits per heavy atom. The van der Waals surface area contributed by atoms with Gasteiger partial charge < -0.3 is 20.9 Å². The molecule has 19 heavy (non-hydrogen) atoms. The number of halogens is 1. The van der Waals surface area contributed by atoms with Crippen molar-refractivity contribution in [1.82, 2.24) is 0 Å². The monoisotopic (exact) mass is 268 g/mol. The highest BCUT2D eigenvalue weighted by molar-refractivity contribution is 5.94. The molecule has 5 nitrogen and oxygen atoms in total. The zero-order valence-electron chi connectivity index (χ0n) is 10.5. The molecular formula is C13H17FN2O3. The number of nitrogens with one attached hydrogen (secondary N) is 1. The van der Waals surface area contributed by atoms with Gasteiger partial charge in [0.1, 0.15) is 5.82 Å². The van der Waals surface area contributed by atoms with Gasteiger partial charge in [-0.15, -0.1) is 0 Å². The minimum Gasteiger partial charge on any atom is -0.478 e. The van der Waals surface area contributed by atoms with E-state index in [0.29, 0.717) is 12.5 Å². The summed E-state index contributed by atoms with van der Waals surface area (Å²) in [5.74, 6) is -1.21. The van der Waals surface area contributed by atoms with E-state index in [1.807, 2.05) is 0 Å². The normalized spacial score (nSPS) is 18.5. The van der Waals surface area contributed by atoms with E-state index >= 15 is 0 Å². The molecule has 2 rings (SSSR count). The van der Waals surface area contributed by atoms with Crippen LogP contribution in [0.1, 0.15) is 23.2 Å². The number of carbonyl (C=O) groups is 1. The topological polar surface area (TPSA) is 84.6 Å². The van der Waals surface area contributed by atoms with Crippen LogP contribution >= 0.6 is 0 Å². The Balaban J connectivity index is 1.98. The third-order valence-corrected chi connectivity index (χ3v) is 3.26. The van der Waals surface area contributed by atoms with E-state index in [9.17, 15) is 9.18 Å². The average Bonchev–Trinajstić information content (AvgIpc) is 2.84. The minimum atomic E-state index is -1.16. The van der Waals surface area contributed by atoms with Crippen LogP contribution < -0.4 is 11.1 Å². The molecule has 1 aliphatic heterocycles. The van der Waals surface area contributed by atoms with E-state index in [2.05, 4.69) is 5.32 Å². The lowest BCUT2D eigenvalue weighted by Gasteiger charge is -2.12. The first kappa shape index (κ1) is 13.6. The van der Waals surface area contributed by atoms with Gasteiger partial charge in [-0.1, -0.05) is 0 Å². The van der Waals surface area contributed by atoms with Crippen molar-refractivity contribution in [2.24, 2.45) is 5.92 Å². The summed E-state index contributed by atoms with van der Waals surface area (Å²) < 4.78 is 18.9. The van der Waals surface area contributed by atoms with Crippen LogP contribution in [0.4, 0.5) is 15.8 Å². The first-order valence-corrected chi connectivity index (χ1v) is 6.22. The molecule has 1 fully saturated rings. The summed E-state index contributed by atoms with van der Waals surface area (Å²) >= 11 is 0. The van der Waals surface area contributed by atoms with Gasteiger partial charge in [0.25, 0.3) is 0 Å². The van der Waals surface area contributed by atoms with Gasteiger partial charge in [0, 0.05) is 25.4 Å². The second kappa shape index (κ2) is 5.88. The van der Waals surface area contributed by atoms with Gasteiger partial charge in [-0.3, -0.25) is 0 Å². The zero-order valence-corrected chi connectivity index (χ0v) is 10.5. The number of hydrogen-bond acceptors (Lipinski definition) is 4. The number of aromatic carboxylic acids is 1. The zero-order chi connectivity index (χ0) is 13.8. The highest BCUT2D eigenvalue weighted by Crippen LogP contribution is 2.23.